The van der Waals surface area contributed by atoms with Crippen molar-refractivity contribution >= 4 is 32.4 Å². The normalized spacial score (nSPS) is 10.5. The van der Waals surface area contributed by atoms with Crippen molar-refractivity contribution in [1.29, 1.82) is 0 Å². The lowest BCUT2D eigenvalue weighted by molar-refractivity contribution is 1.28. The van der Waals surface area contributed by atoms with Gasteiger partial charge in [0.05, 0.1) is 5.39 Å². The number of halogens is 1. The second-order valence-electron chi connectivity index (χ2n) is 2.73. The monoisotopic (exact) mass is 238 g/mol. The molecule has 0 fully saturated rings. The van der Waals surface area contributed by atoms with E-state index < -0.39 is 0 Å². The molecule has 2 rings (SSSR count). The van der Waals surface area contributed by atoms with Crippen LogP contribution in [0.3, 0.4) is 0 Å². The fourth-order valence-electron chi connectivity index (χ4n) is 1.30. The lowest BCUT2D eigenvalue weighted by Crippen LogP contribution is -2.07. The van der Waals surface area contributed by atoms with E-state index in [1.807, 2.05) is 12.1 Å². The van der Waals surface area contributed by atoms with Gasteiger partial charge in [-0.15, -0.1) is 0 Å². The molecule has 4 heteroatoms. The summed E-state index contributed by atoms with van der Waals surface area (Å²) in [4.78, 5) is 14.0. The molecule has 2 aromatic rings. The SMILES string of the molecule is Nc1ccc(Br)c2cc[nH]c(=O)c12. The number of hydrogen-bond acceptors (Lipinski definition) is 2. The Kier molecular flexibility index (Phi) is 1.84. The summed E-state index contributed by atoms with van der Waals surface area (Å²) in [6.07, 6.45) is 1.61. The van der Waals surface area contributed by atoms with Crippen LogP contribution in [-0.2, 0) is 0 Å². The molecule has 3 N–H and O–H groups in total. The highest BCUT2D eigenvalue weighted by Crippen LogP contribution is 2.24. The smallest absolute Gasteiger partial charge is 0.257 e. The first-order valence-electron chi connectivity index (χ1n) is 3.75. The predicted molar refractivity (Wildman–Crippen MR) is 56.7 cm³/mol. The maximum Gasteiger partial charge on any atom is 0.257 e. The number of hydrogen-bond donors (Lipinski definition) is 2. The van der Waals surface area contributed by atoms with Crippen molar-refractivity contribution in [2.24, 2.45) is 0 Å². The zero-order chi connectivity index (χ0) is 9.42. The molecule has 0 atom stereocenters. The number of pyridine rings is 1. The number of nitrogens with one attached hydrogen (secondary N) is 1. The Morgan fingerprint density at radius 1 is 1.31 bits per heavy atom. The highest BCUT2D eigenvalue weighted by atomic mass is 79.9. The summed E-state index contributed by atoms with van der Waals surface area (Å²) in [6, 6.07) is 5.36. The minimum Gasteiger partial charge on any atom is -0.398 e. The molecule has 1 aromatic heterocycles. The molecule has 0 saturated heterocycles. The van der Waals surface area contributed by atoms with Crippen LogP contribution in [0.25, 0.3) is 10.8 Å². The van der Waals surface area contributed by atoms with Gasteiger partial charge in [0.25, 0.3) is 5.56 Å². The van der Waals surface area contributed by atoms with Crippen molar-refractivity contribution in [3.8, 4) is 0 Å². The summed E-state index contributed by atoms with van der Waals surface area (Å²) < 4.78 is 0.878. The van der Waals surface area contributed by atoms with Gasteiger partial charge in [-0.3, -0.25) is 4.79 Å². The van der Waals surface area contributed by atoms with Gasteiger partial charge in [-0.25, -0.2) is 0 Å². The van der Waals surface area contributed by atoms with Gasteiger partial charge in [-0.1, -0.05) is 15.9 Å². The second kappa shape index (κ2) is 2.88. The molecule has 0 aliphatic rings. The van der Waals surface area contributed by atoms with Gasteiger partial charge >= 0.3 is 0 Å². The summed E-state index contributed by atoms with van der Waals surface area (Å²) in [5.74, 6) is 0. The van der Waals surface area contributed by atoms with Gasteiger partial charge in [0, 0.05) is 21.7 Å². The first-order chi connectivity index (χ1) is 6.20. The highest BCUT2D eigenvalue weighted by molar-refractivity contribution is 9.10. The third kappa shape index (κ3) is 1.23. The van der Waals surface area contributed by atoms with Gasteiger partial charge in [-0.2, -0.15) is 0 Å². The number of H-pyrrole nitrogens is 1. The average molecular weight is 239 g/mol. The topological polar surface area (TPSA) is 58.9 Å². The van der Waals surface area contributed by atoms with Crippen molar-refractivity contribution in [1.82, 2.24) is 4.98 Å². The van der Waals surface area contributed by atoms with E-state index in [2.05, 4.69) is 20.9 Å². The summed E-state index contributed by atoms with van der Waals surface area (Å²) in [7, 11) is 0. The summed E-state index contributed by atoms with van der Waals surface area (Å²) in [6.45, 7) is 0. The van der Waals surface area contributed by atoms with E-state index in [9.17, 15) is 4.79 Å². The first-order valence-corrected chi connectivity index (χ1v) is 4.55. The predicted octanol–water partition coefficient (Wildman–Crippen LogP) is 1.87. The van der Waals surface area contributed by atoms with Crippen LogP contribution in [0.4, 0.5) is 5.69 Å². The molecule has 0 amide bonds. The standard InChI is InChI=1S/C9H7BrN2O/c10-6-1-2-7(11)8-5(6)3-4-12-9(8)13/h1-4H,11H2,(H,12,13). The average Bonchev–Trinajstić information content (AvgIpc) is 2.12. The van der Waals surface area contributed by atoms with Gasteiger partial charge in [-0.05, 0) is 18.2 Å². The Morgan fingerprint density at radius 2 is 2.08 bits per heavy atom. The molecule has 0 saturated carbocycles. The molecular formula is C9H7BrN2O. The van der Waals surface area contributed by atoms with Crippen molar-refractivity contribution in [3.05, 3.63) is 39.2 Å². The van der Waals surface area contributed by atoms with Crippen LogP contribution in [0.5, 0.6) is 0 Å². The molecule has 0 bridgehead atoms. The van der Waals surface area contributed by atoms with Crippen LogP contribution >= 0.6 is 15.9 Å². The van der Waals surface area contributed by atoms with Crippen LogP contribution in [-0.4, -0.2) is 4.98 Å². The lowest BCUT2D eigenvalue weighted by atomic mass is 10.1. The van der Waals surface area contributed by atoms with E-state index in [1.165, 1.54) is 0 Å². The number of anilines is 1. The third-order valence-electron chi connectivity index (χ3n) is 1.92. The highest BCUT2D eigenvalue weighted by Gasteiger charge is 2.04. The molecule has 0 unspecified atom stereocenters. The van der Waals surface area contributed by atoms with Gasteiger partial charge in [0.1, 0.15) is 0 Å². The summed E-state index contributed by atoms with van der Waals surface area (Å²) in [5, 5.41) is 1.38. The van der Waals surface area contributed by atoms with Crippen LogP contribution in [0.2, 0.25) is 0 Å². The number of aromatic amines is 1. The zero-order valence-corrected chi connectivity index (χ0v) is 8.26. The van der Waals surface area contributed by atoms with E-state index in [-0.39, 0.29) is 5.56 Å². The minimum absolute atomic E-state index is 0.156. The van der Waals surface area contributed by atoms with E-state index in [1.54, 1.807) is 12.3 Å². The van der Waals surface area contributed by atoms with Crippen molar-refractivity contribution < 1.29 is 0 Å². The van der Waals surface area contributed by atoms with Crippen LogP contribution in [0, 0.1) is 0 Å². The van der Waals surface area contributed by atoms with Crippen molar-refractivity contribution in [3.63, 3.8) is 0 Å². The number of aromatic nitrogens is 1. The van der Waals surface area contributed by atoms with Crippen molar-refractivity contribution in [2.75, 3.05) is 5.73 Å². The fraction of sp³-hybridized carbons (Fsp3) is 0. The fourth-order valence-corrected chi connectivity index (χ4v) is 1.76. The quantitative estimate of drug-likeness (QED) is 0.689. The lowest BCUT2D eigenvalue weighted by Gasteiger charge is -2.01. The number of benzene rings is 1. The van der Waals surface area contributed by atoms with Gasteiger partial charge in [0.2, 0.25) is 0 Å². The third-order valence-corrected chi connectivity index (χ3v) is 2.61. The Morgan fingerprint density at radius 3 is 2.77 bits per heavy atom. The molecule has 66 valence electrons. The first kappa shape index (κ1) is 8.31. The Labute approximate surface area is 82.7 Å². The molecule has 1 aromatic carbocycles. The molecular weight excluding hydrogens is 232 g/mol. The molecule has 3 nitrogen and oxygen atoms in total. The van der Waals surface area contributed by atoms with Gasteiger partial charge < -0.3 is 10.7 Å². The summed E-state index contributed by atoms with van der Waals surface area (Å²) in [5.41, 5.74) is 6.03. The van der Waals surface area contributed by atoms with E-state index in [0.717, 1.165) is 9.86 Å². The molecule has 0 aliphatic carbocycles. The van der Waals surface area contributed by atoms with E-state index in [4.69, 9.17) is 5.73 Å². The van der Waals surface area contributed by atoms with Crippen molar-refractivity contribution in [2.45, 2.75) is 0 Å². The molecule has 0 radical (unpaired) electrons. The maximum atomic E-state index is 11.4. The van der Waals surface area contributed by atoms with Crippen LogP contribution in [0.1, 0.15) is 0 Å². The van der Waals surface area contributed by atoms with Crippen LogP contribution in [0.15, 0.2) is 33.7 Å². The second-order valence-corrected chi connectivity index (χ2v) is 3.59. The number of nitrogen functional groups attached to an aromatic ring is 1. The van der Waals surface area contributed by atoms with E-state index in [0.29, 0.717) is 11.1 Å². The maximum absolute atomic E-state index is 11.4. The number of fused-ring (bicyclic) bond motifs is 1. The zero-order valence-electron chi connectivity index (χ0n) is 6.67. The summed E-state index contributed by atoms with van der Waals surface area (Å²) >= 11 is 3.36. The largest absolute Gasteiger partial charge is 0.398 e. The van der Waals surface area contributed by atoms with E-state index >= 15 is 0 Å². The molecule has 0 aliphatic heterocycles. The number of nitrogens with two attached hydrogens (primary N) is 1. The number of rotatable bonds is 0. The Bertz CT molecular complexity index is 518. The minimum atomic E-state index is -0.156. The molecule has 0 spiro atoms. The Balaban J connectivity index is 3.09. The van der Waals surface area contributed by atoms with Gasteiger partial charge in [0.15, 0.2) is 0 Å². The molecule has 1 heterocycles. The molecule has 13 heavy (non-hydrogen) atoms. The Hall–Kier alpha value is -1.29. The van der Waals surface area contributed by atoms with Crippen LogP contribution < -0.4 is 11.3 Å².